The molecule has 0 spiro atoms. The molecule has 4 rings (SSSR count). The highest BCUT2D eigenvalue weighted by molar-refractivity contribution is 5.61. The molecular formula is C19H19N3O. The monoisotopic (exact) mass is 305 g/mol. The molecule has 2 atom stereocenters. The molecule has 2 aromatic rings. The van der Waals surface area contributed by atoms with Gasteiger partial charge in [-0.15, -0.1) is 0 Å². The third-order valence-electron chi connectivity index (χ3n) is 4.72. The van der Waals surface area contributed by atoms with Crippen molar-refractivity contribution in [1.82, 2.24) is 10.3 Å². The number of pyridine rings is 1. The zero-order valence-corrected chi connectivity index (χ0v) is 12.9. The van der Waals surface area contributed by atoms with Crippen molar-refractivity contribution in [3.05, 3.63) is 48.0 Å². The number of nitrogens with zero attached hydrogens (tertiary/aromatic N) is 2. The molecule has 116 valence electrons. The van der Waals surface area contributed by atoms with E-state index < -0.39 is 0 Å². The van der Waals surface area contributed by atoms with E-state index in [1.54, 1.807) is 6.07 Å². The van der Waals surface area contributed by atoms with Crippen LogP contribution < -0.4 is 10.1 Å². The molecule has 2 saturated heterocycles. The predicted molar refractivity (Wildman–Crippen MR) is 88.0 cm³/mol. The average Bonchev–Trinajstić information content (AvgIpc) is 2.94. The second-order valence-electron chi connectivity index (χ2n) is 6.41. The van der Waals surface area contributed by atoms with Crippen molar-refractivity contribution in [3.63, 3.8) is 0 Å². The van der Waals surface area contributed by atoms with E-state index in [1.807, 2.05) is 36.4 Å². The van der Waals surface area contributed by atoms with Crippen LogP contribution in [0.15, 0.2) is 42.5 Å². The molecule has 4 heteroatoms. The van der Waals surface area contributed by atoms with Crippen molar-refractivity contribution in [1.29, 1.82) is 5.26 Å². The van der Waals surface area contributed by atoms with Crippen LogP contribution in [-0.2, 0) is 0 Å². The van der Waals surface area contributed by atoms with Crippen molar-refractivity contribution >= 4 is 0 Å². The van der Waals surface area contributed by atoms with E-state index in [9.17, 15) is 5.26 Å². The lowest BCUT2D eigenvalue weighted by atomic mass is 10.0. The summed E-state index contributed by atoms with van der Waals surface area (Å²) in [6.07, 6.45) is 4.72. The first-order valence-corrected chi connectivity index (χ1v) is 8.20. The van der Waals surface area contributed by atoms with Gasteiger partial charge in [-0.2, -0.15) is 5.26 Å². The molecule has 0 saturated carbocycles. The van der Waals surface area contributed by atoms with Crippen molar-refractivity contribution in [2.45, 2.75) is 43.9 Å². The van der Waals surface area contributed by atoms with E-state index in [0.717, 1.165) is 24.1 Å². The lowest BCUT2D eigenvalue weighted by Gasteiger charge is -2.29. The summed E-state index contributed by atoms with van der Waals surface area (Å²) in [6.45, 7) is 0. The summed E-state index contributed by atoms with van der Waals surface area (Å²) in [6, 6.07) is 16.8. The van der Waals surface area contributed by atoms with Gasteiger partial charge in [0.1, 0.15) is 6.10 Å². The summed E-state index contributed by atoms with van der Waals surface area (Å²) in [4.78, 5) is 4.62. The molecule has 3 heterocycles. The molecule has 2 unspecified atom stereocenters. The van der Waals surface area contributed by atoms with Gasteiger partial charge in [-0.3, -0.25) is 0 Å². The van der Waals surface area contributed by atoms with Crippen molar-refractivity contribution in [3.8, 4) is 23.2 Å². The topological polar surface area (TPSA) is 57.9 Å². The lowest BCUT2D eigenvalue weighted by molar-refractivity contribution is 0.132. The van der Waals surface area contributed by atoms with Crippen LogP contribution in [0.4, 0.5) is 0 Å². The summed E-state index contributed by atoms with van der Waals surface area (Å²) in [5.74, 6) is 0.564. The average molecular weight is 305 g/mol. The number of nitrogens with one attached hydrogen (secondary N) is 1. The maximum absolute atomic E-state index is 9.29. The Bertz CT molecular complexity index is 726. The van der Waals surface area contributed by atoms with Gasteiger partial charge in [0.05, 0.1) is 17.3 Å². The maximum atomic E-state index is 9.29. The minimum atomic E-state index is 0.193. The third kappa shape index (κ3) is 3.06. The van der Waals surface area contributed by atoms with Gasteiger partial charge in [0.2, 0.25) is 5.88 Å². The molecule has 1 aromatic carbocycles. The van der Waals surface area contributed by atoms with E-state index in [0.29, 0.717) is 23.5 Å². The van der Waals surface area contributed by atoms with Crippen molar-refractivity contribution in [2.24, 2.45) is 0 Å². The first-order valence-electron chi connectivity index (χ1n) is 8.20. The van der Waals surface area contributed by atoms with E-state index in [2.05, 4.69) is 16.4 Å². The van der Waals surface area contributed by atoms with Crippen LogP contribution in [0.5, 0.6) is 5.88 Å². The Morgan fingerprint density at radius 1 is 1.09 bits per heavy atom. The summed E-state index contributed by atoms with van der Waals surface area (Å²) >= 11 is 0. The Hall–Kier alpha value is -2.38. The number of hydrogen-bond acceptors (Lipinski definition) is 4. The van der Waals surface area contributed by atoms with Gasteiger partial charge in [-0.25, -0.2) is 4.98 Å². The van der Waals surface area contributed by atoms with Gasteiger partial charge >= 0.3 is 0 Å². The zero-order valence-electron chi connectivity index (χ0n) is 12.9. The number of nitriles is 1. The van der Waals surface area contributed by atoms with Crippen LogP contribution in [0, 0.1) is 11.3 Å². The Labute approximate surface area is 136 Å². The highest BCUT2D eigenvalue weighted by atomic mass is 16.5. The van der Waals surface area contributed by atoms with E-state index in [1.165, 1.54) is 12.8 Å². The minimum Gasteiger partial charge on any atom is -0.474 e. The molecule has 2 aliphatic heterocycles. The molecule has 1 aromatic heterocycles. The first kappa shape index (κ1) is 14.2. The SMILES string of the molecule is N#Cc1cc(OC2CC3CCC(C2)N3)nc(-c2ccccc2)c1. The number of piperidine rings is 1. The van der Waals surface area contributed by atoms with Crippen molar-refractivity contribution < 1.29 is 4.74 Å². The Balaban J connectivity index is 1.60. The van der Waals surface area contributed by atoms with Crippen LogP contribution in [0.1, 0.15) is 31.2 Å². The quantitative estimate of drug-likeness (QED) is 0.945. The fourth-order valence-electron chi connectivity index (χ4n) is 3.66. The van der Waals surface area contributed by atoms with Crippen LogP contribution in [0.25, 0.3) is 11.3 Å². The molecule has 2 aliphatic rings. The fraction of sp³-hybridized carbons (Fsp3) is 0.368. The molecule has 23 heavy (non-hydrogen) atoms. The number of hydrogen-bond donors (Lipinski definition) is 1. The molecular weight excluding hydrogens is 286 g/mol. The smallest absolute Gasteiger partial charge is 0.215 e. The summed E-state index contributed by atoms with van der Waals surface area (Å²) in [5, 5.41) is 12.9. The summed E-state index contributed by atoms with van der Waals surface area (Å²) in [7, 11) is 0. The van der Waals surface area contributed by atoms with Crippen molar-refractivity contribution in [2.75, 3.05) is 0 Å². The molecule has 4 nitrogen and oxygen atoms in total. The van der Waals surface area contributed by atoms with Gasteiger partial charge in [-0.1, -0.05) is 30.3 Å². The van der Waals surface area contributed by atoms with Crippen LogP contribution in [0.3, 0.4) is 0 Å². The van der Waals surface area contributed by atoms with Gasteiger partial charge in [0.15, 0.2) is 0 Å². The van der Waals surface area contributed by atoms with Crippen LogP contribution in [0.2, 0.25) is 0 Å². The van der Waals surface area contributed by atoms with E-state index >= 15 is 0 Å². The van der Waals surface area contributed by atoms with Gasteiger partial charge in [0, 0.05) is 23.7 Å². The Morgan fingerprint density at radius 2 is 1.83 bits per heavy atom. The normalized spacial score (nSPS) is 25.8. The number of rotatable bonds is 3. The molecule has 0 aliphatic carbocycles. The predicted octanol–water partition coefficient (Wildman–Crippen LogP) is 3.28. The van der Waals surface area contributed by atoms with E-state index in [4.69, 9.17) is 4.74 Å². The van der Waals surface area contributed by atoms with Gasteiger partial charge < -0.3 is 10.1 Å². The molecule has 0 amide bonds. The standard InChI is InChI=1S/C19H19N3O/c20-12-13-8-18(14-4-2-1-3-5-14)22-19(9-13)23-17-10-15-6-7-16(11-17)21-15/h1-5,8-9,15-17,21H,6-7,10-11H2. The summed E-state index contributed by atoms with van der Waals surface area (Å²) < 4.78 is 6.14. The van der Waals surface area contributed by atoms with E-state index in [-0.39, 0.29) is 6.10 Å². The molecule has 1 N–H and O–H groups in total. The highest BCUT2D eigenvalue weighted by Crippen LogP contribution is 2.30. The largest absolute Gasteiger partial charge is 0.474 e. The number of fused-ring (bicyclic) bond motifs is 2. The second-order valence-corrected chi connectivity index (χ2v) is 6.41. The lowest BCUT2D eigenvalue weighted by Crippen LogP contribution is -2.42. The van der Waals surface area contributed by atoms with Gasteiger partial charge in [0.25, 0.3) is 0 Å². The summed E-state index contributed by atoms with van der Waals surface area (Å²) in [5.41, 5.74) is 2.38. The maximum Gasteiger partial charge on any atom is 0.215 e. The minimum absolute atomic E-state index is 0.193. The van der Waals surface area contributed by atoms with Crippen LogP contribution >= 0.6 is 0 Å². The fourth-order valence-corrected chi connectivity index (χ4v) is 3.66. The molecule has 0 radical (unpaired) electrons. The first-order chi connectivity index (χ1) is 11.3. The second kappa shape index (κ2) is 6.02. The molecule has 2 bridgehead atoms. The molecule has 2 fully saturated rings. The third-order valence-corrected chi connectivity index (χ3v) is 4.72. The Morgan fingerprint density at radius 3 is 2.52 bits per heavy atom. The Kier molecular flexibility index (Phi) is 3.72. The number of aromatic nitrogens is 1. The van der Waals surface area contributed by atoms with Gasteiger partial charge in [-0.05, 0) is 31.7 Å². The highest BCUT2D eigenvalue weighted by Gasteiger charge is 2.34. The number of benzene rings is 1. The zero-order chi connectivity index (χ0) is 15.6. The van der Waals surface area contributed by atoms with Crippen LogP contribution in [-0.4, -0.2) is 23.2 Å². The number of ether oxygens (including phenoxy) is 1.